The predicted octanol–water partition coefficient (Wildman–Crippen LogP) is 5.06. The number of anilines is 3. The molecular formula is C26H22F3N3O5S2. The van der Waals surface area contributed by atoms with Crippen LogP contribution in [0.4, 0.5) is 30.2 Å². The van der Waals surface area contributed by atoms with E-state index >= 15 is 0 Å². The number of nitrogens with zero attached hydrogens (tertiary/aromatic N) is 1. The van der Waals surface area contributed by atoms with E-state index in [2.05, 4.69) is 10.0 Å². The van der Waals surface area contributed by atoms with Gasteiger partial charge in [0.25, 0.3) is 10.0 Å². The maximum Gasteiger partial charge on any atom is 0.416 e. The van der Waals surface area contributed by atoms with Crippen LogP contribution in [0.5, 0.6) is 0 Å². The first kappa shape index (κ1) is 27.9. The Hall–Kier alpha value is -4.10. The average Bonchev–Trinajstić information content (AvgIpc) is 2.86. The summed E-state index contributed by atoms with van der Waals surface area (Å²) in [4.78, 5) is 12.5. The molecular weight excluding hydrogens is 555 g/mol. The highest BCUT2D eigenvalue weighted by Gasteiger charge is 2.31. The van der Waals surface area contributed by atoms with Crippen molar-refractivity contribution in [1.29, 1.82) is 0 Å². The van der Waals surface area contributed by atoms with E-state index < -0.39 is 44.2 Å². The summed E-state index contributed by atoms with van der Waals surface area (Å²) in [6.45, 7) is -0.538. The fourth-order valence-electron chi connectivity index (χ4n) is 3.83. The van der Waals surface area contributed by atoms with Gasteiger partial charge in [0.1, 0.15) is 6.54 Å². The highest BCUT2D eigenvalue weighted by atomic mass is 32.2. The monoisotopic (exact) mass is 577 g/mol. The number of amides is 1. The van der Waals surface area contributed by atoms with Gasteiger partial charge in [-0.2, -0.15) is 13.2 Å². The van der Waals surface area contributed by atoms with E-state index in [0.717, 1.165) is 40.2 Å². The molecule has 0 unspecified atom stereocenters. The van der Waals surface area contributed by atoms with Gasteiger partial charge in [-0.3, -0.25) is 13.8 Å². The van der Waals surface area contributed by atoms with Gasteiger partial charge >= 0.3 is 6.18 Å². The summed E-state index contributed by atoms with van der Waals surface area (Å²) in [5.74, 6) is -0.675. The fraction of sp³-hybridized carbons (Fsp3) is 0.115. The predicted molar refractivity (Wildman–Crippen MR) is 143 cm³/mol. The molecule has 0 radical (unpaired) electrons. The van der Waals surface area contributed by atoms with Crippen molar-refractivity contribution >= 4 is 53.8 Å². The fourth-order valence-corrected chi connectivity index (χ4v) is 5.75. The van der Waals surface area contributed by atoms with Gasteiger partial charge < -0.3 is 5.32 Å². The van der Waals surface area contributed by atoms with E-state index in [1.165, 1.54) is 18.2 Å². The first-order valence-electron chi connectivity index (χ1n) is 11.3. The minimum Gasteiger partial charge on any atom is -0.325 e. The molecule has 0 fully saturated rings. The second-order valence-corrected chi connectivity index (χ2v) is 12.1. The number of carbonyl (C=O) groups excluding carboxylic acids is 1. The van der Waals surface area contributed by atoms with E-state index in [9.17, 15) is 34.8 Å². The summed E-state index contributed by atoms with van der Waals surface area (Å²) in [7, 11) is -8.08. The Balaban J connectivity index is 1.49. The number of rotatable bonds is 8. The number of hydrogen-bond donors (Lipinski definition) is 2. The number of benzene rings is 4. The number of nitrogens with one attached hydrogen (secondary N) is 2. The third-order valence-electron chi connectivity index (χ3n) is 5.61. The second kappa shape index (κ2) is 10.6. The normalized spacial score (nSPS) is 12.2. The van der Waals surface area contributed by atoms with E-state index in [0.29, 0.717) is 17.1 Å². The highest BCUT2D eigenvalue weighted by Crippen LogP contribution is 2.31. The minimum absolute atomic E-state index is 0.185. The Bertz CT molecular complexity index is 1740. The first-order valence-corrected chi connectivity index (χ1v) is 14.6. The molecule has 0 aliphatic rings. The van der Waals surface area contributed by atoms with Crippen molar-refractivity contribution in [3.8, 4) is 0 Å². The lowest BCUT2D eigenvalue weighted by Gasteiger charge is -2.23. The van der Waals surface area contributed by atoms with Gasteiger partial charge in [0, 0.05) is 16.8 Å². The van der Waals surface area contributed by atoms with Gasteiger partial charge in [0.05, 0.1) is 22.4 Å². The lowest BCUT2D eigenvalue weighted by Crippen LogP contribution is -2.37. The zero-order valence-electron chi connectivity index (χ0n) is 20.3. The van der Waals surface area contributed by atoms with Crippen molar-refractivity contribution in [3.63, 3.8) is 0 Å². The average molecular weight is 578 g/mol. The zero-order valence-corrected chi connectivity index (χ0v) is 21.9. The lowest BCUT2D eigenvalue weighted by molar-refractivity contribution is -0.137. The topological polar surface area (TPSA) is 113 Å². The minimum atomic E-state index is -4.64. The van der Waals surface area contributed by atoms with Crippen molar-refractivity contribution in [2.75, 3.05) is 27.1 Å². The summed E-state index contributed by atoms with van der Waals surface area (Å²) < 4.78 is 92.3. The van der Waals surface area contributed by atoms with Crippen LogP contribution in [0, 0.1) is 0 Å². The molecule has 4 aromatic rings. The number of alkyl halides is 3. The molecule has 0 aromatic heterocycles. The first-order chi connectivity index (χ1) is 18.2. The van der Waals surface area contributed by atoms with Crippen LogP contribution in [0.3, 0.4) is 0 Å². The van der Waals surface area contributed by atoms with Crippen LogP contribution >= 0.6 is 0 Å². The molecule has 4 rings (SSSR count). The van der Waals surface area contributed by atoms with Crippen LogP contribution in [-0.4, -0.2) is 35.5 Å². The lowest BCUT2D eigenvalue weighted by atomic mass is 10.1. The van der Waals surface area contributed by atoms with Crippen LogP contribution in [0.25, 0.3) is 10.8 Å². The molecule has 0 bridgehead atoms. The Morgan fingerprint density at radius 2 is 1.46 bits per heavy atom. The molecule has 1 amide bonds. The summed E-state index contributed by atoms with van der Waals surface area (Å²) >= 11 is 0. The largest absolute Gasteiger partial charge is 0.416 e. The van der Waals surface area contributed by atoms with E-state index in [-0.39, 0.29) is 16.3 Å². The molecule has 204 valence electrons. The molecule has 13 heteroatoms. The maximum absolute atomic E-state index is 12.9. The molecule has 0 aliphatic heterocycles. The summed E-state index contributed by atoms with van der Waals surface area (Å²) in [5, 5.41) is 3.96. The van der Waals surface area contributed by atoms with Gasteiger partial charge in [-0.15, -0.1) is 0 Å². The molecule has 0 spiro atoms. The van der Waals surface area contributed by atoms with Crippen LogP contribution in [0.2, 0.25) is 0 Å². The molecule has 2 N–H and O–H groups in total. The van der Waals surface area contributed by atoms with Crippen molar-refractivity contribution < 1.29 is 34.8 Å². The van der Waals surface area contributed by atoms with Gasteiger partial charge in [-0.25, -0.2) is 16.8 Å². The Kier molecular flexibility index (Phi) is 7.57. The molecule has 0 saturated heterocycles. The van der Waals surface area contributed by atoms with Crippen molar-refractivity contribution in [1.82, 2.24) is 0 Å². The van der Waals surface area contributed by atoms with E-state index in [1.807, 2.05) is 18.2 Å². The van der Waals surface area contributed by atoms with Crippen LogP contribution in [0.1, 0.15) is 5.56 Å². The molecule has 0 aliphatic carbocycles. The standard InChI is InChI=1S/C26H22F3N3O5S2/c1-38(34,35)32(24-11-4-7-18-6-2-3-10-23(18)24)17-25(33)30-20-12-14-22(15-13-20)39(36,37)31-21-9-5-8-19(16-21)26(27,28)29/h2-16,31H,17H2,1H3,(H,30,33). The number of fused-ring (bicyclic) bond motifs is 1. The summed E-state index contributed by atoms with van der Waals surface area (Å²) in [5.41, 5.74) is -0.763. The van der Waals surface area contributed by atoms with E-state index in [1.54, 1.807) is 24.3 Å². The molecule has 0 atom stereocenters. The molecule has 39 heavy (non-hydrogen) atoms. The smallest absolute Gasteiger partial charge is 0.325 e. The van der Waals surface area contributed by atoms with Crippen molar-refractivity contribution in [2.24, 2.45) is 0 Å². The Morgan fingerprint density at radius 1 is 0.821 bits per heavy atom. The third kappa shape index (κ3) is 6.67. The molecule has 8 nitrogen and oxygen atoms in total. The Labute approximate surface area is 223 Å². The number of carbonyl (C=O) groups is 1. The van der Waals surface area contributed by atoms with E-state index in [4.69, 9.17) is 0 Å². The quantitative estimate of drug-likeness (QED) is 0.304. The van der Waals surface area contributed by atoms with Crippen molar-refractivity contribution in [2.45, 2.75) is 11.1 Å². The third-order valence-corrected chi connectivity index (χ3v) is 8.14. The highest BCUT2D eigenvalue weighted by molar-refractivity contribution is 7.92. The maximum atomic E-state index is 12.9. The van der Waals surface area contributed by atoms with Gasteiger partial charge in [0.15, 0.2) is 0 Å². The van der Waals surface area contributed by atoms with Crippen LogP contribution in [0.15, 0.2) is 95.9 Å². The molecule has 0 saturated carbocycles. The number of hydrogen-bond acceptors (Lipinski definition) is 5. The zero-order chi connectivity index (χ0) is 28.4. The number of sulfonamides is 2. The van der Waals surface area contributed by atoms with Crippen molar-refractivity contribution in [3.05, 3.63) is 96.6 Å². The van der Waals surface area contributed by atoms with Gasteiger partial charge in [0.2, 0.25) is 15.9 Å². The SMILES string of the molecule is CS(=O)(=O)N(CC(=O)Nc1ccc(S(=O)(=O)Nc2cccc(C(F)(F)F)c2)cc1)c1cccc2ccccc12. The molecule has 4 aromatic carbocycles. The second-order valence-electron chi connectivity index (χ2n) is 8.52. The summed E-state index contributed by atoms with van der Waals surface area (Å²) in [6.07, 6.45) is -3.65. The van der Waals surface area contributed by atoms with Crippen LogP contribution < -0.4 is 14.3 Å². The molecule has 0 heterocycles. The summed E-state index contributed by atoms with van der Waals surface area (Å²) in [6, 6.07) is 20.8. The Morgan fingerprint density at radius 3 is 2.13 bits per heavy atom. The van der Waals surface area contributed by atoms with Gasteiger partial charge in [-0.1, -0.05) is 42.5 Å². The van der Waals surface area contributed by atoms with Gasteiger partial charge in [-0.05, 0) is 53.9 Å². The number of halogens is 3. The van der Waals surface area contributed by atoms with Crippen LogP contribution in [-0.2, 0) is 31.0 Å².